The second-order valence-corrected chi connectivity index (χ2v) is 3.15. The molecule has 0 spiro atoms. The SMILES string of the molecule is COCCCOCCNC1COC1. The molecule has 0 saturated carbocycles. The van der Waals surface area contributed by atoms with E-state index in [0.29, 0.717) is 6.04 Å². The van der Waals surface area contributed by atoms with E-state index in [9.17, 15) is 0 Å². The topological polar surface area (TPSA) is 39.7 Å². The number of nitrogens with one attached hydrogen (secondary N) is 1. The zero-order chi connectivity index (χ0) is 9.36. The Morgan fingerprint density at radius 2 is 2.15 bits per heavy atom. The van der Waals surface area contributed by atoms with Gasteiger partial charge in [0, 0.05) is 26.9 Å². The fraction of sp³-hybridized carbons (Fsp3) is 1.00. The molecule has 4 nitrogen and oxygen atoms in total. The van der Waals surface area contributed by atoms with E-state index in [-0.39, 0.29) is 0 Å². The molecule has 0 aromatic rings. The lowest BCUT2D eigenvalue weighted by Gasteiger charge is -2.26. The summed E-state index contributed by atoms with van der Waals surface area (Å²) >= 11 is 0. The van der Waals surface area contributed by atoms with Crippen molar-refractivity contribution in [2.24, 2.45) is 0 Å². The van der Waals surface area contributed by atoms with Crippen molar-refractivity contribution in [3.8, 4) is 0 Å². The number of ether oxygens (including phenoxy) is 3. The van der Waals surface area contributed by atoms with E-state index in [1.54, 1.807) is 7.11 Å². The summed E-state index contributed by atoms with van der Waals surface area (Å²) in [4.78, 5) is 0. The van der Waals surface area contributed by atoms with E-state index >= 15 is 0 Å². The van der Waals surface area contributed by atoms with Gasteiger partial charge in [0.1, 0.15) is 0 Å². The van der Waals surface area contributed by atoms with Gasteiger partial charge < -0.3 is 19.5 Å². The van der Waals surface area contributed by atoms with Gasteiger partial charge in [0.15, 0.2) is 0 Å². The Morgan fingerprint density at radius 3 is 2.77 bits per heavy atom. The van der Waals surface area contributed by atoms with Crippen LogP contribution in [-0.4, -0.2) is 52.7 Å². The molecule has 13 heavy (non-hydrogen) atoms. The van der Waals surface area contributed by atoms with Crippen LogP contribution < -0.4 is 5.32 Å². The third-order valence-electron chi connectivity index (χ3n) is 1.95. The minimum atomic E-state index is 0.558. The Labute approximate surface area is 79.5 Å². The Kier molecular flexibility index (Phi) is 6.10. The molecule has 1 N–H and O–H groups in total. The number of hydrogen-bond acceptors (Lipinski definition) is 4. The molecule has 0 atom stereocenters. The van der Waals surface area contributed by atoms with Crippen molar-refractivity contribution in [3.63, 3.8) is 0 Å². The van der Waals surface area contributed by atoms with Gasteiger partial charge in [-0.3, -0.25) is 0 Å². The van der Waals surface area contributed by atoms with Gasteiger partial charge in [0.25, 0.3) is 0 Å². The highest BCUT2D eigenvalue weighted by molar-refractivity contribution is 4.71. The fourth-order valence-corrected chi connectivity index (χ4v) is 1.10. The van der Waals surface area contributed by atoms with Crippen LogP contribution in [0, 0.1) is 0 Å². The molecule has 1 aliphatic heterocycles. The molecule has 1 rings (SSSR count). The summed E-state index contributed by atoms with van der Waals surface area (Å²) in [5, 5.41) is 3.33. The van der Waals surface area contributed by atoms with Crippen LogP contribution in [0.1, 0.15) is 6.42 Å². The lowest BCUT2D eigenvalue weighted by atomic mass is 10.2. The molecular formula is C9H19NO3. The molecule has 0 aliphatic carbocycles. The smallest absolute Gasteiger partial charge is 0.0643 e. The van der Waals surface area contributed by atoms with Crippen LogP contribution in [0.4, 0.5) is 0 Å². The van der Waals surface area contributed by atoms with E-state index in [1.165, 1.54) is 0 Å². The van der Waals surface area contributed by atoms with Crippen molar-refractivity contribution < 1.29 is 14.2 Å². The van der Waals surface area contributed by atoms with Crippen molar-refractivity contribution in [3.05, 3.63) is 0 Å². The maximum absolute atomic E-state index is 5.37. The van der Waals surface area contributed by atoms with Crippen LogP contribution in [-0.2, 0) is 14.2 Å². The van der Waals surface area contributed by atoms with Crippen LogP contribution in [0.5, 0.6) is 0 Å². The average Bonchev–Trinajstić information content (AvgIpc) is 2.07. The lowest BCUT2D eigenvalue weighted by molar-refractivity contribution is -0.00843. The van der Waals surface area contributed by atoms with Crippen LogP contribution in [0.25, 0.3) is 0 Å². The summed E-state index contributed by atoms with van der Waals surface area (Å²) in [5.74, 6) is 0. The van der Waals surface area contributed by atoms with Gasteiger partial charge in [-0.05, 0) is 6.42 Å². The molecule has 1 fully saturated rings. The van der Waals surface area contributed by atoms with Gasteiger partial charge in [-0.25, -0.2) is 0 Å². The largest absolute Gasteiger partial charge is 0.385 e. The first kappa shape index (κ1) is 10.9. The Balaban J connectivity index is 1.68. The van der Waals surface area contributed by atoms with Gasteiger partial charge in [0.05, 0.1) is 25.9 Å². The highest BCUT2D eigenvalue weighted by Crippen LogP contribution is 1.98. The summed E-state index contributed by atoms with van der Waals surface area (Å²) in [6.45, 7) is 4.97. The van der Waals surface area contributed by atoms with Crippen LogP contribution in [0.2, 0.25) is 0 Å². The third kappa shape index (κ3) is 5.21. The molecule has 0 aromatic heterocycles. The second-order valence-electron chi connectivity index (χ2n) is 3.15. The minimum Gasteiger partial charge on any atom is -0.385 e. The first-order valence-electron chi connectivity index (χ1n) is 4.81. The molecule has 4 heteroatoms. The van der Waals surface area contributed by atoms with Crippen LogP contribution in [0.3, 0.4) is 0 Å². The van der Waals surface area contributed by atoms with Crippen molar-refractivity contribution in [1.82, 2.24) is 5.32 Å². The lowest BCUT2D eigenvalue weighted by Crippen LogP contribution is -2.46. The molecule has 78 valence electrons. The zero-order valence-corrected chi connectivity index (χ0v) is 8.25. The third-order valence-corrected chi connectivity index (χ3v) is 1.95. The Hall–Kier alpha value is -0.160. The molecule has 0 amide bonds. The predicted octanol–water partition coefficient (Wildman–Crippen LogP) is 0.0279. The maximum Gasteiger partial charge on any atom is 0.0643 e. The van der Waals surface area contributed by atoms with Crippen molar-refractivity contribution >= 4 is 0 Å². The summed E-state index contributed by atoms with van der Waals surface area (Å²) in [6, 6.07) is 0.558. The Morgan fingerprint density at radius 1 is 1.31 bits per heavy atom. The number of methoxy groups -OCH3 is 1. The molecule has 1 aliphatic rings. The van der Waals surface area contributed by atoms with Crippen LogP contribution in [0.15, 0.2) is 0 Å². The van der Waals surface area contributed by atoms with Crippen LogP contribution >= 0.6 is 0 Å². The van der Waals surface area contributed by atoms with E-state index in [2.05, 4.69) is 5.32 Å². The van der Waals surface area contributed by atoms with E-state index in [0.717, 1.165) is 46.0 Å². The quantitative estimate of drug-likeness (QED) is 0.547. The fourth-order valence-electron chi connectivity index (χ4n) is 1.10. The van der Waals surface area contributed by atoms with Gasteiger partial charge in [0.2, 0.25) is 0 Å². The molecule has 0 radical (unpaired) electrons. The summed E-state index contributed by atoms with van der Waals surface area (Å²) in [5.41, 5.74) is 0. The molecule has 0 bridgehead atoms. The standard InChI is InChI=1S/C9H19NO3/c1-11-4-2-5-12-6-3-10-9-7-13-8-9/h9-10H,2-8H2,1H3. The summed E-state index contributed by atoms with van der Waals surface area (Å²) < 4.78 is 15.3. The summed E-state index contributed by atoms with van der Waals surface area (Å²) in [6.07, 6.45) is 0.975. The monoisotopic (exact) mass is 189 g/mol. The maximum atomic E-state index is 5.37. The van der Waals surface area contributed by atoms with Gasteiger partial charge in [-0.2, -0.15) is 0 Å². The van der Waals surface area contributed by atoms with Crippen molar-refractivity contribution in [2.75, 3.05) is 46.7 Å². The zero-order valence-electron chi connectivity index (χ0n) is 8.25. The predicted molar refractivity (Wildman–Crippen MR) is 49.9 cm³/mol. The molecule has 1 saturated heterocycles. The van der Waals surface area contributed by atoms with E-state index in [1.807, 2.05) is 0 Å². The minimum absolute atomic E-state index is 0.558. The van der Waals surface area contributed by atoms with Crippen molar-refractivity contribution in [2.45, 2.75) is 12.5 Å². The van der Waals surface area contributed by atoms with Crippen molar-refractivity contribution in [1.29, 1.82) is 0 Å². The van der Waals surface area contributed by atoms with E-state index in [4.69, 9.17) is 14.2 Å². The molecule has 1 heterocycles. The molecular weight excluding hydrogens is 170 g/mol. The summed E-state index contributed by atoms with van der Waals surface area (Å²) in [7, 11) is 1.71. The normalized spacial score (nSPS) is 17.3. The molecule has 0 aromatic carbocycles. The van der Waals surface area contributed by atoms with Gasteiger partial charge >= 0.3 is 0 Å². The Bertz CT molecular complexity index is 117. The highest BCUT2D eigenvalue weighted by atomic mass is 16.5. The van der Waals surface area contributed by atoms with Gasteiger partial charge in [-0.15, -0.1) is 0 Å². The van der Waals surface area contributed by atoms with E-state index < -0.39 is 0 Å². The number of rotatable bonds is 8. The first-order valence-corrected chi connectivity index (χ1v) is 4.81. The first-order chi connectivity index (χ1) is 6.43. The van der Waals surface area contributed by atoms with Gasteiger partial charge in [-0.1, -0.05) is 0 Å². The highest BCUT2D eigenvalue weighted by Gasteiger charge is 2.16. The molecule has 0 unspecified atom stereocenters. The number of hydrogen-bond donors (Lipinski definition) is 1. The average molecular weight is 189 g/mol. The second kappa shape index (κ2) is 7.26.